The molecule has 0 spiro atoms. The van der Waals surface area contributed by atoms with Crippen molar-refractivity contribution < 1.29 is 104 Å². The minimum Gasteiger partial charge on any atom is -0.907 e. The minimum atomic E-state index is -2.92. The summed E-state index contributed by atoms with van der Waals surface area (Å²) in [6, 6.07) is 0. The Balaban J connectivity index is -0.0000000171. The normalized spacial score (nSPS) is 4.91. The summed E-state index contributed by atoms with van der Waals surface area (Å²) in [7, 11) is -5.83. The van der Waals surface area contributed by atoms with Crippen molar-refractivity contribution in [2.45, 2.75) is 0 Å². The maximum Gasteiger partial charge on any atom is 2.00 e. The van der Waals surface area contributed by atoms with Crippen LogP contribution in [0.3, 0.4) is 0 Å². The van der Waals surface area contributed by atoms with E-state index in [1.54, 1.807) is 0 Å². The van der Waals surface area contributed by atoms with Crippen molar-refractivity contribution in [2.75, 3.05) is 0 Å². The summed E-state index contributed by atoms with van der Waals surface area (Å²) in [5.41, 5.74) is 0. The van der Waals surface area contributed by atoms with E-state index in [9.17, 15) is 0 Å². The smallest absolute Gasteiger partial charge is 0.907 e. The van der Waals surface area contributed by atoms with Crippen molar-refractivity contribution in [1.29, 1.82) is 0 Å². The van der Waals surface area contributed by atoms with Crippen LogP contribution in [0.25, 0.3) is 0 Å². The molecule has 11 heteroatoms. The van der Waals surface area contributed by atoms with Gasteiger partial charge in [-0.05, 0) is 0 Å². The predicted octanol–water partition coefficient (Wildman–Crippen LogP) is -7.90. The van der Waals surface area contributed by atoms with Crippen LogP contribution in [0.1, 0.15) is 0 Å². The van der Waals surface area contributed by atoms with E-state index in [2.05, 4.69) is 0 Å². The minimum absolute atomic E-state index is 0. The Morgan fingerprint density at radius 2 is 0.545 bits per heavy atom. The molecule has 0 aliphatic carbocycles. The van der Waals surface area contributed by atoms with Gasteiger partial charge in [0.2, 0.25) is 0 Å². The van der Waals surface area contributed by atoms with Crippen LogP contribution in [0.15, 0.2) is 0 Å². The number of rotatable bonds is 0. The van der Waals surface area contributed by atoms with E-state index < -0.39 is 14.6 Å². The summed E-state index contributed by atoms with van der Waals surface area (Å²) in [4.78, 5) is 0. The first kappa shape index (κ1) is 29.2. The third-order valence-corrected chi connectivity index (χ3v) is 0. The first-order valence-electron chi connectivity index (χ1n) is 1.41. The van der Waals surface area contributed by atoms with Gasteiger partial charge < -0.3 is 30.1 Å². The molecule has 0 fully saturated rings. The van der Waals surface area contributed by atoms with Crippen molar-refractivity contribution in [3.8, 4) is 0 Å². The summed E-state index contributed by atoms with van der Waals surface area (Å²) < 4.78 is 0. The fraction of sp³-hybridized carbons (Fsp3) is 0. The Bertz CT molecular complexity index is 34.1. The molecule has 0 saturated heterocycles. The topological polar surface area (TPSA) is 138 Å². The summed E-state index contributed by atoms with van der Waals surface area (Å²) in [6.07, 6.45) is 0. The van der Waals surface area contributed by atoms with Crippen LogP contribution in [0.4, 0.5) is 0 Å². The molecule has 0 rings (SSSR count). The average molecular weight is 408 g/mol. The van der Waals surface area contributed by atoms with Gasteiger partial charge in [0.05, 0.1) is 0 Å². The van der Waals surface area contributed by atoms with E-state index in [4.69, 9.17) is 30.1 Å². The molecule has 0 aromatic heterocycles. The Labute approximate surface area is 117 Å². The van der Waals surface area contributed by atoms with Crippen LogP contribution < -0.4 is 30.1 Å². The Morgan fingerprint density at radius 3 is 0.545 bits per heavy atom. The van der Waals surface area contributed by atoms with Crippen LogP contribution in [0.5, 0.6) is 0 Å². The Kier molecular flexibility index (Phi) is 60.6. The second-order valence-corrected chi connectivity index (χ2v) is 0.577. The van der Waals surface area contributed by atoms with Gasteiger partial charge in [0, 0.05) is 0 Å². The predicted molar refractivity (Wildman–Crippen MR) is 11.5 cm³/mol. The fourth-order valence-electron chi connectivity index (χ4n) is 0. The molecule has 0 aromatic rings. The molecule has 0 N–H and O–H groups in total. The molecular formula is B2Cd2O6Zn. The maximum absolute atomic E-state index is 8.42. The molecule has 0 atom stereocenters. The number of hydrogen-bond donors (Lipinski definition) is 0. The van der Waals surface area contributed by atoms with Crippen LogP contribution in [0.2, 0.25) is 0 Å². The molecule has 0 unspecified atom stereocenters. The van der Waals surface area contributed by atoms with Crippen molar-refractivity contribution in [1.82, 2.24) is 0 Å². The molecule has 11 heavy (non-hydrogen) atoms. The third kappa shape index (κ3) is 239. The van der Waals surface area contributed by atoms with E-state index in [0.29, 0.717) is 0 Å². The van der Waals surface area contributed by atoms with E-state index in [0.717, 1.165) is 0 Å². The molecule has 6 nitrogen and oxygen atoms in total. The van der Waals surface area contributed by atoms with E-state index >= 15 is 0 Å². The van der Waals surface area contributed by atoms with E-state index in [-0.39, 0.29) is 74.1 Å². The van der Waals surface area contributed by atoms with Crippen molar-refractivity contribution in [2.24, 2.45) is 0 Å². The van der Waals surface area contributed by atoms with Gasteiger partial charge >= 0.3 is 74.1 Å². The number of hydrogen-bond acceptors (Lipinski definition) is 6. The molecule has 0 aromatic carbocycles. The SMILES string of the molecule is [Cd+2].[Cd+2].[O-]B([O-])[O-].[O-]B([O-])[O-].[Zn+2]. The fourth-order valence-corrected chi connectivity index (χ4v) is 0. The molecule has 48 valence electrons. The summed E-state index contributed by atoms with van der Waals surface area (Å²) >= 11 is 0. The van der Waals surface area contributed by atoms with Crippen LogP contribution in [0, 0.1) is 0 Å². The molecule has 0 amide bonds. The molecule has 0 aliphatic heterocycles. The van der Waals surface area contributed by atoms with Gasteiger partial charge in [0.15, 0.2) is 0 Å². The van der Waals surface area contributed by atoms with Crippen molar-refractivity contribution >= 4 is 14.6 Å². The average Bonchev–Trinajstić information content (AvgIpc) is 1.25. The van der Waals surface area contributed by atoms with Crippen LogP contribution in [-0.2, 0) is 74.1 Å². The van der Waals surface area contributed by atoms with Crippen molar-refractivity contribution in [3.05, 3.63) is 0 Å². The summed E-state index contributed by atoms with van der Waals surface area (Å²) in [6.45, 7) is 0. The molecule has 0 heterocycles. The zero-order chi connectivity index (χ0) is 7.15. The van der Waals surface area contributed by atoms with E-state index in [1.807, 2.05) is 0 Å². The van der Waals surface area contributed by atoms with Crippen LogP contribution in [-0.4, -0.2) is 14.6 Å². The monoisotopic (exact) mass is 410 g/mol. The molecule has 0 aliphatic rings. The zero-order valence-corrected chi connectivity index (χ0v) is 16.8. The van der Waals surface area contributed by atoms with Gasteiger partial charge in [-0.1, -0.05) is 0 Å². The summed E-state index contributed by atoms with van der Waals surface area (Å²) in [5, 5.41) is 50.5. The quantitative estimate of drug-likeness (QED) is 0.365. The zero-order valence-electron chi connectivity index (χ0n) is 5.73. The Morgan fingerprint density at radius 1 is 0.545 bits per heavy atom. The van der Waals surface area contributed by atoms with Gasteiger partial charge in [0.1, 0.15) is 0 Å². The molecule has 0 saturated carbocycles. The maximum atomic E-state index is 8.42. The van der Waals surface area contributed by atoms with E-state index in [1.165, 1.54) is 0 Å². The van der Waals surface area contributed by atoms with Gasteiger partial charge in [-0.2, -0.15) is 0 Å². The second kappa shape index (κ2) is 22.8. The standard InChI is InChI=1S/2BO3.2Cd.Zn/c2*2-1(3)4;;;/q2*-3;3*+2. The summed E-state index contributed by atoms with van der Waals surface area (Å²) in [5.74, 6) is 0. The van der Waals surface area contributed by atoms with Gasteiger partial charge in [-0.25, -0.2) is 0 Å². The molecule has 0 bridgehead atoms. The molecular weight excluding hydrogens is 408 g/mol. The van der Waals surface area contributed by atoms with Gasteiger partial charge in [-0.3, -0.25) is 14.6 Å². The molecule has 0 radical (unpaired) electrons. The van der Waals surface area contributed by atoms with Crippen LogP contribution >= 0.6 is 0 Å². The first-order valence-corrected chi connectivity index (χ1v) is 1.41. The van der Waals surface area contributed by atoms with Gasteiger partial charge in [-0.15, -0.1) is 0 Å². The largest absolute Gasteiger partial charge is 2.00 e. The van der Waals surface area contributed by atoms with Gasteiger partial charge in [0.25, 0.3) is 0 Å². The van der Waals surface area contributed by atoms with Crippen molar-refractivity contribution in [3.63, 3.8) is 0 Å². The third-order valence-electron chi connectivity index (χ3n) is 0. The second-order valence-electron chi connectivity index (χ2n) is 0.577. The Hall–Kier alpha value is 2.36. The first-order chi connectivity index (χ1) is 3.46.